The molecule has 0 saturated heterocycles. The monoisotopic (exact) mass is 339 g/mol. The normalized spacial score (nSPS) is 12.6. The predicted octanol–water partition coefficient (Wildman–Crippen LogP) is 4.55. The molecule has 0 aliphatic heterocycles. The third-order valence-corrected chi connectivity index (χ3v) is 4.42. The topological polar surface area (TPSA) is 29.6 Å². The largest absolute Gasteiger partial charge is 0.258 e. The molecule has 0 aliphatic carbocycles. The van der Waals surface area contributed by atoms with Crippen molar-refractivity contribution >= 4 is 17.0 Å². The van der Waals surface area contributed by atoms with Gasteiger partial charge in [0.1, 0.15) is 5.82 Å². The van der Waals surface area contributed by atoms with Crippen molar-refractivity contribution in [3.05, 3.63) is 76.2 Å². The maximum atomic E-state index is 14.0. The highest BCUT2D eigenvalue weighted by atomic mass is 32.1. The van der Waals surface area contributed by atoms with Crippen LogP contribution in [0, 0.1) is 5.82 Å². The van der Waals surface area contributed by atoms with E-state index < -0.39 is 0 Å². The number of halogens is 1. The summed E-state index contributed by atoms with van der Waals surface area (Å²) < 4.78 is 15.8. The number of nitrogens with zero attached hydrogens (tertiary/aromatic N) is 3. The maximum Gasteiger partial charge on any atom is 0.206 e. The molecular formula is C19H18FN3S. The molecule has 0 fully saturated rings. The molecule has 5 heteroatoms. The number of hydrogen-bond donors (Lipinski definition) is 0. The zero-order valence-electron chi connectivity index (χ0n) is 13.6. The van der Waals surface area contributed by atoms with Crippen LogP contribution < -0.4 is 4.80 Å². The molecule has 0 unspecified atom stereocenters. The Bertz CT molecular complexity index is 923. The summed E-state index contributed by atoms with van der Waals surface area (Å²) in [6.07, 6.45) is 0. The van der Waals surface area contributed by atoms with E-state index in [9.17, 15) is 4.39 Å². The van der Waals surface area contributed by atoms with E-state index >= 15 is 0 Å². The highest BCUT2D eigenvalue weighted by Crippen LogP contribution is 2.20. The Morgan fingerprint density at radius 1 is 1.08 bits per heavy atom. The Labute approximate surface area is 144 Å². The first kappa shape index (κ1) is 16.3. The minimum Gasteiger partial charge on any atom is -0.258 e. The molecule has 3 nitrogen and oxygen atoms in total. The molecule has 2 aromatic carbocycles. The first-order valence-corrected chi connectivity index (χ1v) is 8.65. The van der Waals surface area contributed by atoms with Crippen LogP contribution in [0.5, 0.6) is 0 Å². The molecule has 0 amide bonds. The van der Waals surface area contributed by atoms with Crippen LogP contribution in [0.15, 0.2) is 70.1 Å². The molecule has 122 valence electrons. The maximum absolute atomic E-state index is 14.0. The Morgan fingerprint density at radius 2 is 1.79 bits per heavy atom. The zero-order chi connectivity index (χ0) is 16.9. The predicted molar refractivity (Wildman–Crippen MR) is 97.9 cm³/mol. The summed E-state index contributed by atoms with van der Waals surface area (Å²) in [6, 6.07) is 16.7. The molecule has 0 radical (unpaired) electrons. The van der Waals surface area contributed by atoms with Gasteiger partial charge in [-0.25, -0.2) is 9.07 Å². The fourth-order valence-corrected chi connectivity index (χ4v) is 3.30. The lowest BCUT2D eigenvalue weighted by Crippen LogP contribution is -2.14. The van der Waals surface area contributed by atoms with Crippen LogP contribution in [0.1, 0.15) is 19.4 Å². The van der Waals surface area contributed by atoms with E-state index in [0.29, 0.717) is 17.8 Å². The fraction of sp³-hybridized carbons (Fsp3) is 0.158. The standard InChI is InChI=1S/C19H18FN3S/c1-3-21-19-23(18(13-24-19)15-9-5-4-6-10-15)22-14(2)16-11-7-8-12-17(16)20/h4-13H,3H2,1-2H3. The third kappa shape index (κ3) is 3.36. The molecule has 0 saturated carbocycles. The van der Waals surface area contributed by atoms with Gasteiger partial charge in [-0.15, -0.1) is 11.3 Å². The number of hydrogen-bond acceptors (Lipinski definition) is 3. The van der Waals surface area contributed by atoms with Crippen molar-refractivity contribution in [2.45, 2.75) is 13.8 Å². The van der Waals surface area contributed by atoms with Crippen LogP contribution in [-0.2, 0) is 0 Å². The molecule has 0 atom stereocenters. The van der Waals surface area contributed by atoms with Crippen molar-refractivity contribution in [3.63, 3.8) is 0 Å². The lowest BCUT2D eigenvalue weighted by molar-refractivity contribution is 0.624. The van der Waals surface area contributed by atoms with Crippen molar-refractivity contribution in [1.29, 1.82) is 0 Å². The van der Waals surface area contributed by atoms with Crippen molar-refractivity contribution in [1.82, 2.24) is 4.68 Å². The second-order valence-electron chi connectivity index (χ2n) is 5.22. The quantitative estimate of drug-likeness (QED) is 0.624. The fourth-order valence-electron chi connectivity index (χ4n) is 2.41. The van der Waals surface area contributed by atoms with Gasteiger partial charge in [0.15, 0.2) is 0 Å². The van der Waals surface area contributed by atoms with Gasteiger partial charge in [0.2, 0.25) is 4.80 Å². The third-order valence-electron chi connectivity index (χ3n) is 3.56. The van der Waals surface area contributed by atoms with Gasteiger partial charge in [0.25, 0.3) is 0 Å². The van der Waals surface area contributed by atoms with E-state index in [4.69, 9.17) is 0 Å². The Balaban J connectivity index is 2.16. The van der Waals surface area contributed by atoms with E-state index in [0.717, 1.165) is 16.1 Å². The average molecular weight is 339 g/mol. The van der Waals surface area contributed by atoms with E-state index in [1.54, 1.807) is 16.8 Å². The highest BCUT2D eigenvalue weighted by Gasteiger charge is 2.10. The molecule has 24 heavy (non-hydrogen) atoms. The van der Waals surface area contributed by atoms with Crippen LogP contribution in [0.4, 0.5) is 4.39 Å². The molecule has 0 aliphatic rings. The van der Waals surface area contributed by atoms with Gasteiger partial charge in [-0.05, 0) is 19.9 Å². The summed E-state index contributed by atoms with van der Waals surface area (Å²) in [5, 5.41) is 6.68. The highest BCUT2D eigenvalue weighted by molar-refractivity contribution is 7.07. The van der Waals surface area contributed by atoms with Gasteiger partial charge in [0.05, 0.1) is 11.4 Å². The first-order chi connectivity index (χ1) is 11.7. The van der Waals surface area contributed by atoms with E-state index in [1.165, 1.54) is 17.4 Å². The lowest BCUT2D eigenvalue weighted by atomic mass is 10.1. The number of rotatable bonds is 4. The second-order valence-corrected chi connectivity index (χ2v) is 6.06. The van der Waals surface area contributed by atoms with Crippen molar-refractivity contribution in [2.24, 2.45) is 10.1 Å². The molecule has 0 bridgehead atoms. The summed E-state index contributed by atoms with van der Waals surface area (Å²) in [7, 11) is 0. The number of aromatic nitrogens is 1. The SMILES string of the molecule is CCN=c1scc(-c2ccccc2)n1N=C(C)c1ccccc1F. The zero-order valence-corrected chi connectivity index (χ0v) is 14.4. The van der Waals surface area contributed by atoms with Crippen molar-refractivity contribution in [3.8, 4) is 11.3 Å². The van der Waals surface area contributed by atoms with E-state index in [2.05, 4.69) is 10.1 Å². The number of benzene rings is 2. The molecule has 0 spiro atoms. The van der Waals surface area contributed by atoms with Crippen LogP contribution in [0.3, 0.4) is 0 Å². The molecule has 1 heterocycles. The van der Waals surface area contributed by atoms with Crippen LogP contribution >= 0.6 is 11.3 Å². The van der Waals surface area contributed by atoms with Crippen molar-refractivity contribution in [2.75, 3.05) is 6.54 Å². The van der Waals surface area contributed by atoms with Gasteiger partial charge in [-0.3, -0.25) is 4.99 Å². The Hall–Kier alpha value is -2.53. The second kappa shape index (κ2) is 7.36. The summed E-state index contributed by atoms with van der Waals surface area (Å²) >= 11 is 1.53. The van der Waals surface area contributed by atoms with Gasteiger partial charge in [-0.2, -0.15) is 5.10 Å². The van der Waals surface area contributed by atoms with Gasteiger partial charge < -0.3 is 0 Å². The van der Waals surface area contributed by atoms with Gasteiger partial charge in [0, 0.05) is 23.1 Å². The molecule has 3 aromatic rings. The molecule has 1 aromatic heterocycles. The summed E-state index contributed by atoms with van der Waals surface area (Å²) in [5.41, 5.74) is 3.11. The molecule has 3 rings (SSSR count). The van der Waals surface area contributed by atoms with Crippen LogP contribution in [0.25, 0.3) is 11.3 Å². The van der Waals surface area contributed by atoms with Crippen molar-refractivity contribution < 1.29 is 4.39 Å². The summed E-state index contributed by atoms with van der Waals surface area (Å²) in [4.78, 5) is 5.30. The molecule has 0 N–H and O–H groups in total. The Morgan fingerprint density at radius 3 is 2.50 bits per heavy atom. The lowest BCUT2D eigenvalue weighted by Gasteiger charge is -2.07. The first-order valence-electron chi connectivity index (χ1n) is 7.77. The Kier molecular flexibility index (Phi) is 5.01. The van der Waals surface area contributed by atoms with Crippen LogP contribution in [-0.4, -0.2) is 16.9 Å². The minimum atomic E-state index is -0.273. The van der Waals surface area contributed by atoms with E-state index in [-0.39, 0.29) is 5.82 Å². The number of thiazole rings is 1. The van der Waals surface area contributed by atoms with Crippen LogP contribution in [0.2, 0.25) is 0 Å². The summed E-state index contributed by atoms with van der Waals surface area (Å²) in [5.74, 6) is -0.273. The molecular weight excluding hydrogens is 321 g/mol. The average Bonchev–Trinajstić information content (AvgIpc) is 2.99. The smallest absolute Gasteiger partial charge is 0.206 e. The van der Waals surface area contributed by atoms with Gasteiger partial charge in [-0.1, -0.05) is 48.5 Å². The summed E-state index contributed by atoms with van der Waals surface area (Å²) in [6.45, 7) is 4.47. The van der Waals surface area contributed by atoms with Gasteiger partial charge >= 0.3 is 0 Å². The van der Waals surface area contributed by atoms with E-state index in [1.807, 2.05) is 55.6 Å². The minimum absolute atomic E-state index is 0.273.